The molecule has 0 aliphatic carbocycles. The van der Waals surface area contributed by atoms with Crippen LogP contribution in [0.25, 0.3) is 0 Å². The van der Waals surface area contributed by atoms with E-state index in [1.165, 1.54) is 11.9 Å². The third-order valence-electron chi connectivity index (χ3n) is 4.09. The van der Waals surface area contributed by atoms with Crippen molar-refractivity contribution in [1.82, 2.24) is 4.90 Å². The van der Waals surface area contributed by atoms with E-state index in [2.05, 4.69) is 0 Å². The van der Waals surface area contributed by atoms with Gasteiger partial charge >= 0.3 is 5.97 Å². The fraction of sp³-hybridized carbons (Fsp3) is 0.438. The van der Waals surface area contributed by atoms with Crippen LogP contribution in [0, 0.1) is 5.92 Å². The molecule has 1 saturated heterocycles. The van der Waals surface area contributed by atoms with Gasteiger partial charge in [0.25, 0.3) is 0 Å². The molecule has 0 bridgehead atoms. The highest BCUT2D eigenvalue weighted by atomic mass is 16.6. The molecule has 128 valence electrons. The van der Waals surface area contributed by atoms with Gasteiger partial charge in [-0.1, -0.05) is 0 Å². The molecule has 0 aromatic heterocycles. The van der Waals surface area contributed by atoms with Crippen molar-refractivity contribution >= 4 is 23.5 Å². The van der Waals surface area contributed by atoms with Crippen LogP contribution in [0.1, 0.15) is 6.42 Å². The van der Waals surface area contributed by atoms with Crippen molar-refractivity contribution in [2.75, 3.05) is 38.3 Å². The Hall–Kier alpha value is -2.77. The van der Waals surface area contributed by atoms with Crippen LogP contribution in [0.15, 0.2) is 18.2 Å². The minimum absolute atomic E-state index is 0.325. The third kappa shape index (κ3) is 2.99. The largest absolute Gasteiger partial charge is 0.486 e. The van der Waals surface area contributed by atoms with Crippen molar-refractivity contribution in [3.8, 4) is 11.5 Å². The van der Waals surface area contributed by atoms with E-state index in [1.807, 2.05) is 0 Å². The van der Waals surface area contributed by atoms with Crippen molar-refractivity contribution < 1.29 is 29.0 Å². The van der Waals surface area contributed by atoms with E-state index in [-0.39, 0.29) is 5.91 Å². The molecule has 24 heavy (non-hydrogen) atoms. The summed E-state index contributed by atoms with van der Waals surface area (Å²) in [5, 5.41) is 8.77. The molecule has 2 heterocycles. The molecule has 1 atom stereocenters. The summed E-state index contributed by atoms with van der Waals surface area (Å²) < 4.78 is 11.0. The van der Waals surface area contributed by atoms with Gasteiger partial charge in [0, 0.05) is 25.3 Å². The number of carbonyl (C=O) groups is 3. The van der Waals surface area contributed by atoms with Gasteiger partial charge in [-0.15, -0.1) is 0 Å². The number of carboxylic acid groups (broad SMARTS) is 1. The number of fused-ring (bicyclic) bond motifs is 1. The predicted molar refractivity (Wildman–Crippen MR) is 83.2 cm³/mol. The normalized spacial score (nSPS) is 19.3. The van der Waals surface area contributed by atoms with Crippen LogP contribution < -0.4 is 14.4 Å². The first-order chi connectivity index (χ1) is 11.5. The molecular weight excluding hydrogens is 316 g/mol. The maximum atomic E-state index is 12.6. The van der Waals surface area contributed by atoms with Gasteiger partial charge in [0.2, 0.25) is 11.8 Å². The van der Waals surface area contributed by atoms with E-state index in [0.717, 1.165) is 4.90 Å². The Bertz CT molecular complexity index is 689. The molecule has 0 radical (unpaired) electrons. The van der Waals surface area contributed by atoms with E-state index < -0.39 is 24.3 Å². The first-order valence-electron chi connectivity index (χ1n) is 7.65. The topological polar surface area (TPSA) is 96.4 Å². The summed E-state index contributed by atoms with van der Waals surface area (Å²) in [6.45, 7) is 0.912. The summed E-state index contributed by atoms with van der Waals surface area (Å²) in [6.07, 6.45) is 0.357. The van der Waals surface area contributed by atoms with Crippen molar-refractivity contribution in [3.63, 3.8) is 0 Å². The zero-order valence-electron chi connectivity index (χ0n) is 13.2. The Morgan fingerprint density at radius 2 is 2.00 bits per heavy atom. The number of benzene rings is 1. The number of rotatable bonds is 4. The number of likely N-dealkylation sites (N-methyl/N-ethyl adjacent to an activating group) is 1. The monoisotopic (exact) mass is 334 g/mol. The molecule has 2 aliphatic rings. The first kappa shape index (κ1) is 16.1. The summed E-state index contributed by atoms with van der Waals surface area (Å²) in [5.74, 6) is -1.55. The van der Waals surface area contributed by atoms with Crippen LogP contribution in [0.5, 0.6) is 11.5 Å². The molecule has 1 aromatic rings. The van der Waals surface area contributed by atoms with Crippen molar-refractivity contribution in [2.45, 2.75) is 6.42 Å². The van der Waals surface area contributed by atoms with E-state index in [1.54, 1.807) is 18.2 Å². The van der Waals surface area contributed by atoms with E-state index in [0.29, 0.717) is 43.4 Å². The van der Waals surface area contributed by atoms with Gasteiger partial charge in [0.15, 0.2) is 11.5 Å². The van der Waals surface area contributed by atoms with Crippen LogP contribution in [-0.4, -0.2) is 61.1 Å². The number of carbonyl (C=O) groups excluding carboxylic acids is 2. The lowest BCUT2D eigenvalue weighted by molar-refractivity contribution is -0.146. The van der Waals surface area contributed by atoms with Crippen LogP contribution >= 0.6 is 0 Å². The van der Waals surface area contributed by atoms with Crippen LogP contribution in [0.4, 0.5) is 5.69 Å². The molecule has 8 heteroatoms. The maximum Gasteiger partial charge on any atom is 0.323 e. The average molecular weight is 334 g/mol. The minimum atomic E-state index is -1.11. The molecular formula is C16H18N2O6. The zero-order valence-corrected chi connectivity index (χ0v) is 13.2. The molecule has 0 saturated carbocycles. The Balaban J connectivity index is 1.74. The minimum Gasteiger partial charge on any atom is -0.486 e. The first-order valence-corrected chi connectivity index (χ1v) is 7.65. The van der Waals surface area contributed by atoms with Gasteiger partial charge in [-0.3, -0.25) is 14.4 Å². The number of hydrogen-bond acceptors (Lipinski definition) is 5. The Morgan fingerprint density at radius 3 is 2.71 bits per heavy atom. The SMILES string of the molecule is CN(CC(=O)O)C(=O)[C@@H]1CCN(c2ccc3c(c2)OCCO3)C1=O. The average Bonchev–Trinajstić information content (AvgIpc) is 2.94. The second-order valence-electron chi connectivity index (χ2n) is 5.75. The quantitative estimate of drug-likeness (QED) is 0.799. The Kier molecular flexibility index (Phi) is 4.28. The van der Waals surface area contributed by atoms with Crippen LogP contribution in [-0.2, 0) is 14.4 Å². The van der Waals surface area contributed by atoms with Crippen LogP contribution in [0.3, 0.4) is 0 Å². The molecule has 1 N–H and O–H groups in total. The number of hydrogen-bond donors (Lipinski definition) is 1. The standard InChI is InChI=1S/C16H18N2O6/c1-17(9-14(19)20)15(21)11-4-5-18(16(11)22)10-2-3-12-13(8-10)24-7-6-23-12/h2-3,8,11H,4-7,9H2,1H3,(H,19,20)/t11-/m0/s1. The number of ether oxygens (including phenoxy) is 2. The molecule has 2 amide bonds. The molecule has 0 unspecified atom stereocenters. The smallest absolute Gasteiger partial charge is 0.323 e. The molecule has 3 rings (SSSR count). The van der Waals surface area contributed by atoms with Crippen molar-refractivity contribution in [3.05, 3.63) is 18.2 Å². The van der Waals surface area contributed by atoms with Crippen molar-refractivity contribution in [2.24, 2.45) is 5.92 Å². The lowest BCUT2D eigenvalue weighted by atomic mass is 10.1. The molecule has 1 fully saturated rings. The second kappa shape index (κ2) is 6.38. The summed E-state index contributed by atoms with van der Waals surface area (Å²) in [5.41, 5.74) is 0.639. The Labute approximate surface area is 138 Å². The fourth-order valence-electron chi connectivity index (χ4n) is 2.91. The van der Waals surface area contributed by atoms with Gasteiger partial charge in [-0.25, -0.2) is 0 Å². The lowest BCUT2D eigenvalue weighted by Crippen LogP contribution is -2.40. The molecule has 0 spiro atoms. The van der Waals surface area contributed by atoms with Gasteiger partial charge < -0.3 is 24.4 Å². The fourth-order valence-corrected chi connectivity index (χ4v) is 2.91. The highest BCUT2D eigenvalue weighted by Gasteiger charge is 2.39. The van der Waals surface area contributed by atoms with Gasteiger partial charge in [0.05, 0.1) is 0 Å². The second-order valence-corrected chi connectivity index (χ2v) is 5.75. The lowest BCUT2D eigenvalue weighted by Gasteiger charge is -2.22. The summed E-state index contributed by atoms with van der Waals surface area (Å²) >= 11 is 0. The predicted octanol–water partition coefficient (Wildman–Crippen LogP) is 0.354. The Morgan fingerprint density at radius 1 is 1.29 bits per heavy atom. The number of anilines is 1. The number of amides is 2. The molecule has 1 aromatic carbocycles. The highest BCUT2D eigenvalue weighted by Crippen LogP contribution is 2.36. The molecule has 8 nitrogen and oxygen atoms in total. The van der Waals surface area contributed by atoms with Crippen LogP contribution in [0.2, 0.25) is 0 Å². The zero-order chi connectivity index (χ0) is 17.3. The maximum absolute atomic E-state index is 12.6. The highest BCUT2D eigenvalue weighted by molar-refractivity contribution is 6.10. The number of nitrogens with zero attached hydrogens (tertiary/aromatic N) is 2. The number of aliphatic carboxylic acids is 1. The van der Waals surface area contributed by atoms with Gasteiger partial charge in [0.1, 0.15) is 25.7 Å². The summed E-state index contributed by atoms with van der Waals surface area (Å²) in [7, 11) is 1.39. The number of carboxylic acids is 1. The third-order valence-corrected chi connectivity index (χ3v) is 4.09. The summed E-state index contributed by atoms with van der Waals surface area (Å²) in [6, 6.07) is 5.21. The molecule has 2 aliphatic heterocycles. The van der Waals surface area contributed by atoms with E-state index in [9.17, 15) is 14.4 Å². The van der Waals surface area contributed by atoms with Gasteiger partial charge in [-0.05, 0) is 18.6 Å². The van der Waals surface area contributed by atoms with Crippen molar-refractivity contribution in [1.29, 1.82) is 0 Å². The summed E-state index contributed by atoms with van der Waals surface area (Å²) in [4.78, 5) is 38.1. The van der Waals surface area contributed by atoms with E-state index >= 15 is 0 Å². The van der Waals surface area contributed by atoms with E-state index in [4.69, 9.17) is 14.6 Å². The van der Waals surface area contributed by atoms with Gasteiger partial charge in [-0.2, -0.15) is 0 Å².